The predicted octanol–water partition coefficient (Wildman–Crippen LogP) is 6.10. The Labute approximate surface area is 365 Å². The smallest absolute Gasteiger partial charge is 0.325 e. The van der Waals surface area contributed by atoms with E-state index in [2.05, 4.69) is 63.3 Å². The van der Waals surface area contributed by atoms with Crippen LogP contribution in [0.2, 0.25) is 0 Å². The molecule has 5 aliphatic rings. The van der Waals surface area contributed by atoms with Gasteiger partial charge < -0.3 is 29.2 Å². The second-order valence-corrected chi connectivity index (χ2v) is 20.2. The van der Waals surface area contributed by atoms with Crippen LogP contribution in [0.4, 0.5) is 14.5 Å². The van der Waals surface area contributed by atoms with Crippen molar-refractivity contribution in [2.75, 3.05) is 58.4 Å². The van der Waals surface area contributed by atoms with Gasteiger partial charge >= 0.3 is 5.97 Å². The first kappa shape index (κ1) is 42.8. The Morgan fingerprint density at radius 3 is 2.58 bits per heavy atom. The zero-order valence-corrected chi connectivity index (χ0v) is 37.7. The summed E-state index contributed by atoms with van der Waals surface area (Å²) in [4.78, 5) is 56.7. The molecule has 3 aromatic heterocycles. The minimum Gasteiger partial charge on any atom is -0.464 e. The van der Waals surface area contributed by atoms with Crippen molar-refractivity contribution in [3.63, 3.8) is 0 Å². The van der Waals surface area contributed by atoms with Gasteiger partial charge in [0.15, 0.2) is 0 Å². The Kier molecular flexibility index (Phi) is 10.8. The van der Waals surface area contributed by atoms with E-state index in [9.17, 15) is 14.4 Å². The van der Waals surface area contributed by atoms with Crippen molar-refractivity contribution in [3.8, 4) is 22.5 Å². The number of amides is 2. The van der Waals surface area contributed by atoms with Crippen LogP contribution < -0.4 is 15.6 Å². The van der Waals surface area contributed by atoms with E-state index >= 15 is 8.78 Å². The van der Waals surface area contributed by atoms with Crippen LogP contribution in [0.1, 0.15) is 70.3 Å². The highest BCUT2D eigenvalue weighted by atomic mass is 32.1. The number of ether oxygens (including phenoxy) is 2. The van der Waals surface area contributed by atoms with E-state index in [1.54, 1.807) is 7.11 Å². The molecule has 2 amide bonds. The maximum atomic E-state index is 15.8. The lowest BCUT2D eigenvalue weighted by Gasteiger charge is -2.37. The lowest BCUT2D eigenvalue weighted by molar-refractivity contribution is -0.157. The highest BCUT2D eigenvalue weighted by molar-refractivity contribution is 7.10. The number of hydrazine groups is 1. The van der Waals surface area contributed by atoms with Gasteiger partial charge in [-0.05, 0) is 63.4 Å². The van der Waals surface area contributed by atoms with Crippen molar-refractivity contribution in [1.82, 2.24) is 35.2 Å². The fourth-order valence-corrected chi connectivity index (χ4v) is 10.9. The van der Waals surface area contributed by atoms with Crippen LogP contribution in [0, 0.1) is 28.6 Å². The molecule has 0 spiro atoms. The average Bonchev–Trinajstić information content (AvgIpc) is 3.90. The van der Waals surface area contributed by atoms with E-state index in [4.69, 9.17) is 19.4 Å². The summed E-state index contributed by atoms with van der Waals surface area (Å²) in [6, 6.07) is 6.01. The van der Waals surface area contributed by atoms with Crippen LogP contribution in [0.5, 0.6) is 0 Å². The van der Waals surface area contributed by atoms with E-state index in [-0.39, 0.29) is 43.4 Å². The van der Waals surface area contributed by atoms with Gasteiger partial charge in [0.2, 0.25) is 5.91 Å². The van der Waals surface area contributed by atoms with Crippen LogP contribution in [-0.2, 0) is 43.2 Å². The molecule has 3 aliphatic heterocycles. The zero-order valence-electron chi connectivity index (χ0n) is 36.9. The molecule has 13 nitrogen and oxygen atoms in total. The molecule has 7 atom stereocenters. The highest BCUT2D eigenvalue weighted by Crippen LogP contribution is 2.68. The third kappa shape index (κ3) is 7.37. The molecule has 2 saturated heterocycles. The predicted molar refractivity (Wildman–Crippen MR) is 234 cm³/mol. The molecule has 9 rings (SSSR count). The van der Waals surface area contributed by atoms with Gasteiger partial charge in [0.25, 0.3) is 11.8 Å². The highest BCUT2D eigenvalue weighted by Gasteiger charge is 2.83. The molecule has 4 fully saturated rings. The second-order valence-electron chi connectivity index (χ2n) is 19.3. The number of rotatable bonds is 7. The van der Waals surface area contributed by atoms with Crippen molar-refractivity contribution in [1.29, 1.82) is 0 Å². The minimum atomic E-state index is -3.23. The summed E-state index contributed by atoms with van der Waals surface area (Å²) in [5, 5.41) is 7.61. The Balaban J connectivity index is 1.19. The number of halogens is 2. The molecule has 1 aromatic carbocycles. The molecule has 1 unspecified atom stereocenters. The normalized spacial score (nSPS) is 28.8. The van der Waals surface area contributed by atoms with E-state index < -0.39 is 46.6 Å². The van der Waals surface area contributed by atoms with E-state index in [1.165, 1.54) is 18.3 Å². The topological polar surface area (TPSA) is 134 Å². The van der Waals surface area contributed by atoms with E-state index in [0.717, 1.165) is 81.6 Å². The summed E-state index contributed by atoms with van der Waals surface area (Å²) < 4.78 is 45.8. The summed E-state index contributed by atoms with van der Waals surface area (Å²) in [5.74, 6) is -6.33. The van der Waals surface area contributed by atoms with Crippen LogP contribution in [0.3, 0.4) is 0 Å². The summed E-state index contributed by atoms with van der Waals surface area (Å²) >= 11 is 1.38. The molecule has 6 bridgehead atoms. The van der Waals surface area contributed by atoms with Gasteiger partial charge in [-0.3, -0.25) is 24.4 Å². The molecule has 0 radical (unpaired) electrons. The lowest BCUT2D eigenvalue weighted by Crippen LogP contribution is -2.62. The first-order chi connectivity index (χ1) is 29.4. The van der Waals surface area contributed by atoms with Crippen LogP contribution in [0.25, 0.3) is 33.4 Å². The van der Waals surface area contributed by atoms with Gasteiger partial charge in [0.1, 0.15) is 12.1 Å². The maximum absolute atomic E-state index is 15.8. The number of pyridine rings is 1. The van der Waals surface area contributed by atoms with Gasteiger partial charge in [0, 0.05) is 91.5 Å². The van der Waals surface area contributed by atoms with Gasteiger partial charge in [-0.25, -0.2) is 19.2 Å². The number of methoxy groups -OCH3 is 1. The number of likely N-dealkylation sites (N-methyl/N-ethyl adjacent to an activating group) is 1. The Bertz CT molecular complexity index is 2430. The number of fused-ring (bicyclic) bond motifs is 8. The number of aryl methyl sites for hydroxylation is 1. The quantitative estimate of drug-likeness (QED) is 0.210. The van der Waals surface area contributed by atoms with Crippen LogP contribution in [-0.4, -0.2) is 114 Å². The summed E-state index contributed by atoms with van der Waals surface area (Å²) in [7, 11) is 3.82. The molecule has 62 heavy (non-hydrogen) atoms. The number of hydrogen-bond acceptors (Lipinski definition) is 11. The molecule has 332 valence electrons. The van der Waals surface area contributed by atoms with Crippen molar-refractivity contribution < 1.29 is 32.6 Å². The van der Waals surface area contributed by atoms with E-state index in [1.807, 2.05) is 39.3 Å². The minimum absolute atomic E-state index is 0.0509. The zero-order chi connectivity index (χ0) is 44.0. The average molecular weight is 873 g/mol. The molecule has 4 aromatic rings. The van der Waals surface area contributed by atoms with Crippen molar-refractivity contribution in [3.05, 3.63) is 52.1 Å². The number of hydrogen-bond donors (Lipinski definition) is 2. The number of alkyl halides is 2. The molecular weight excluding hydrogens is 815 g/mol. The number of carbonyl (C=O) groups excluding carboxylic acids is 3. The van der Waals surface area contributed by atoms with Gasteiger partial charge in [0.05, 0.1) is 58.0 Å². The number of nitrogens with one attached hydrogen (secondary N) is 2. The first-order valence-corrected chi connectivity index (χ1v) is 22.8. The summed E-state index contributed by atoms with van der Waals surface area (Å²) in [5.41, 5.74) is 7.98. The number of carbonyl (C=O) groups is 3. The maximum Gasteiger partial charge on any atom is 0.325 e. The second kappa shape index (κ2) is 15.6. The summed E-state index contributed by atoms with van der Waals surface area (Å²) in [6.07, 6.45) is 2.85. The van der Waals surface area contributed by atoms with Gasteiger partial charge in [-0.15, -0.1) is 11.3 Å². The molecule has 2 aliphatic carbocycles. The fourth-order valence-electron chi connectivity index (χ4n) is 10.0. The first-order valence-electron chi connectivity index (χ1n) is 21.9. The number of thiazole rings is 1. The SMILES string of the molecule is CCn1c(-c2cc(N3CCN(C)CC3)cnc2[C@H](C)OC)c2c3cc(ccc31)-c1csc(n1)C[C@@H](NC(=O)[C@H]1C[C@@H]1C)C(=O)N1C[C@]3(C)C([C@H](N1)C(=O)OCC(C)(C)C2)C3(F)F. The number of nitrogens with zero attached hydrogens (tertiary/aromatic N) is 6. The van der Waals surface area contributed by atoms with Crippen molar-refractivity contribution in [2.24, 2.45) is 28.6 Å². The molecule has 16 heteroatoms. The van der Waals surface area contributed by atoms with Crippen LogP contribution >= 0.6 is 11.3 Å². The van der Waals surface area contributed by atoms with Crippen molar-refractivity contribution >= 4 is 45.7 Å². The third-order valence-corrected chi connectivity index (χ3v) is 15.1. The van der Waals surface area contributed by atoms with Crippen LogP contribution in [0.15, 0.2) is 35.8 Å². The largest absolute Gasteiger partial charge is 0.464 e. The fraction of sp³-hybridized carbons (Fsp3) is 0.587. The monoisotopic (exact) mass is 872 g/mol. The van der Waals surface area contributed by atoms with Gasteiger partial charge in [-0.1, -0.05) is 33.8 Å². The molecule has 6 heterocycles. The van der Waals surface area contributed by atoms with Gasteiger partial charge in [-0.2, -0.15) is 0 Å². The molecular formula is C46H58F2N8O5S. The Morgan fingerprint density at radius 2 is 1.89 bits per heavy atom. The molecule has 2 N–H and O–H groups in total. The summed E-state index contributed by atoms with van der Waals surface area (Å²) in [6.45, 7) is 15.4. The number of aromatic nitrogens is 3. The Hall–Kier alpha value is -4.51. The Morgan fingerprint density at radius 1 is 1.15 bits per heavy atom. The number of benzene rings is 1. The number of anilines is 1. The third-order valence-electron chi connectivity index (χ3n) is 14.2. The number of piperazine rings is 1. The number of esters is 1. The number of cyclic esters (lactones) is 1. The van der Waals surface area contributed by atoms with E-state index in [0.29, 0.717) is 24.4 Å². The lowest BCUT2D eigenvalue weighted by atomic mass is 9.84. The standard InChI is InChI=1S/C46H58F2N8O5S/c1-9-55-35-11-10-27-17-30(35)32(39(55)31-18-28(21-49-37(31)26(3)60-8)54-14-12-53(7)13-15-54)20-44(4,5)24-61-43(59)38-40-45(6,46(40,47)48)23-56(52-38)42(58)33(19-36-50-34(27)22-62-36)51-41(57)29-16-25(29)2/h10-11,17-18,21-22,25-26,29,33,38,40,52H,9,12-16,19-20,23-24H2,1-8H3,(H,51,57)/t25-,26-,29-,33+,38-,40?,45+/m0/s1. The molecule has 2 saturated carbocycles. The van der Waals surface area contributed by atoms with Crippen molar-refractivity contribution in [2.45, 2.75) is 91.5 Å².